The summed E-state index contributed by atoms with van der Waals surface area (Å²) in [6.07, 6.45) is 4.74. The number of aliphatic hydroxyl groups excluding tert-OH is 1. The number of hydrogen-bond acceptors (Lipinski definition) is 3. The second-order valence-corrected chi connectivity index (χ2v) is 5.69. The molecule has 0 bridgehead atoms. The Balaban J connectivity index is 2.33. The summed E-state index contributed by atoms with van der Waals surface area (Å²) in [4.78, 5) is 0. The van der Waals surface area contributed by atoms with Crippen LogP contribution in [0.5, 0.6) is 0 Å². The maximum Gasteiger partial charge on any atom is 0.0628 e. The molecule has 3 heteroatoms. The Kier molecular flexibility index (Phi) is 4.56. The first-order valence-electron chi connectivity index (χ1n) is 5.20. The van der Waals surface area contributed by atoms with Gasteiger partial charge in [0.2, 0.25) is 0 Å². The number of thioether (sulfide) groups is 1. The van der Waals surface area contributed by atoms with Crippen LogP contribution in [0.4, 0.5) is 0 Å². The molecule has 78 valence electrons. The van der Waals surface area contributed by atoms with Crippen LogP contribution in [0.1, 0.15) is 39.5 Å². The zero-order chi connectivity index (χ0) is 9.84. The highest BCUT2D eigenvalue weighted by Crippen LogP contribution is 2.31. The van der Waals surface area contributed by atoms with E-state index in [2.05, 4.69) is 6.92 Å². The van der Waals surface area contributed by atoms with Gasteiger partial charge in [-0.05, 0) is 19.8 Å². The normalized spacial score (nSPS) is 34.2. The molecule has 0 saturated heterocycles. The summed E-state index contributed by atoms with van der Waals surface area (Å²) in [6, 6.07) is 0.347. The van der Waals surface area contributed by atoms with Crippen molar-refractivity contribution < 1.29 is 5.11 Å². The third-order valence-corrected chi connectivity index (χ3v) is 4.58. The Labute approximate surface area is 85.3 Å². The molecule has 13 heavy (non-hydrogen) atoms. The molecule has 0 aliphatic heterocycles. The van der Waals surface area contributed by atoms with Crippen LogP contribution in [0, 0.1) is 0 Å². The van der Waals surface area contributed by atoms with E-state index in [0.29, 0.717) is 16.5 Å². The highest BCUT2D eigenvalue weighted by molar-refractivity contribution is 8.00. The van der Waals surface area contributed by atoms with Crippen molar-refractivity contribution in [2.45, 2.75) is 62.2 Å². The molecule has 4 atom stereocenters. The van der Waals surface area contributed by atoms with Crippen LogP contribution in [0.15, 0.2) is 0 Å². The van der Waals surface area contributed by atoms with Gasteiger partial charge in [-0.3, -0.25) is 0 Å². The molecule has 0 amide bonds. The van der Waals surface area contributed by atoms with E-state index >= 15 is 0 Å². The summed E-state index contributed by atoms with van der Waals surface area (Å²) >= 11 is 1.86. The zero-order valence-electron chi connectivity index (χ0n) is 8.57. The van der Waals surface area contributed by atoms with Crippen molar-refractivity contribution in [2.75, 3.05) is 0 Å². The van der Waals surface area contributed by atoms with Gasteiger partial charge in [0.05, 0.1) is 6.10 Å². The fourth-order valence-electron chi connectivity index (χ4n) is 1.68. The first kappa shape index (κ1) is 11.3. The molecule has 0 aromatic rings. The summed E-state index contributed by atoms with van der Waals surface area (Å²) in [5.41, 5.74) is 6.02. The van der Waals surface area contributed by atoms with E-state index in [-0.39, 0.29) is 6.10 Å². The number of aliphatic hydroxyl groups is 1. The fraction of sp³-hybridized carbons (Fsp3) is 1.00. The quantitative estimate of drug-likeness (QED) is 0.734. The van der Waals surface area contributed by atoms with Gasteiger partial charge in [0.25, 0.3) is 0 Å². The van der Waals surface area contributed by atoms with Crippen LogP contribution in [-0.4, -0.2) is 27.8 Å². The number of rotatable bonds is 3. The van der Waals surface area contributed by atoms with Gasteiger partial charge < -0.3 is 10.8 Å². The molecule has 0 aromatic carbocycles. The van der Waals surface area contributed by atoms with Gasteiger partial charge in [0.15, 0.2) is 0 Å². The third-order valence-electron chi connectivity index (χ3n) is 2.82. The maximum absolute atomic E-state index is 9.38. The van der Waals surface area contributed by atoms with E-state index in [9.17, 15) is 5.11 Å². The lowest BCUT2D eigenvalue weighted by Crippen LogP contribution is -2.37. The predicted octanol–water partition coefficient (Wildman–Crippen LogP) is 1.76. The van der Waals surface area contributed by atoms with Crippen LogP contribution in [0.3, 0.4) is 0 Å². The van der Waals surface area contributed by atoms with E-state index in [4.69, 9.17) is 5.73 Å². The average molecular weight is 203 g/mol. The Bertz CT molecular complexity index is 152. The maximum atomic E-state index is 9.38. The molecule has 1 aliphatic rings. The van der Waals surface area contributed by atoms with Gasteiger partial charge in [-0.15, -0.1) is 0 Å². The molecular weight excluding hydrogens is 182 g/mol. The Hall–Kier alpha value is 0.270. The van der Waals surface area contributed by atoms with Gasteiger partial charge in [-0.1, -0.05) is 19.8 Å². The van der Waals surface area contributed by atoms with Gasteiger partial charge in [0.1, 0.15) is 0 Å². The molecule has 1 saturated carbocycles. The lowest BCUT2D eigenvalue weighted by molar-refractivity contribution is 0.196. The van der Waals surface area contributed by atoms with E-state index in [1.165, 1.54) is 19.3 Å². The molecule has 0 aromatic heterocycles. The minimum atomic E-state index is -0.223. The standard InChI is InChI=1S/C10H21NOS/c1-7(12)8(2)13-10-6-4-3-5-9(10)11/h7-10,12H,3-6,11H2,1-2H3. The third kappa shape index (κ3) is 3.49. The van der Waals surface area contributed by atoms with E-state index in [0.717, 1.165) is 6.42 Å². The van der Waals surface area contributed by atoms with E-state index in [1.807, 2.05) is 18.7 Å². The minimum absolute atomic E-state index is 0.223. The Morgan fingerprint density at radius 1 is 1.31 bits per heavy atom. The average Bonchev–Trinajstić information content (AvgIpc) is 2.08. The van der Waals surface area contributed by atoms with Crippen molar-refractivity contribution in [3.63, 3.8) is 0 Å². The van der Waals surface area contributed by atoms with Crippen LogP contribution in [0.2, 0.25) is 0 Å². The van der Waals surface area contributed by atoms with Crippen molar-refractivity contribution in [3.05, 3.63) is 0 Å². The van der Waals surface area contributed by atoms with Crippen molar-refractivity contribution in [3.8, 4) is 0 Å². The van der Waals surface area contributed by atoms with Gasteiger partial charge >= 0.3 is 0 Å². The molecule has 4 unspecified atom stereocenters. The number of nitrogens with two attached hydrogens (primary N) is 1. The largest absolute Gasteiger partial charge is 0.392 e. The van der Waals surface area contributed by atoms with Crippen molar-refractivity contribution in [2.24, 2.45) is 5.73 Å². The highest BCUT2D eigenvalue weighted by atomic mass is 32.2. The van der Waals surface area contributed by atoms with E-state index < -0.39 is 0 Å². The lowest BCUT2D eigenvalue weighted by Gasteiger charge is -2.30. The Morgan fingerprint density at radius 3 is 2.46 bits per heavy atom. The molecule has 3 N–H and O–H groups in total. The molecule has 2 nitrogen and oxygen atoms in total. The Morgan fingerprint density at radius 2 is 1.92 bits per heavy atom. The van der Waals surface area contributed by atoms with Gasteiger partial charge in [-0.2, -0.15) is 11.8 Å². The molecule has 0 heterocycles. The fourth-order valence-corrected chi connectivity index (χ4v) is 3.10. The van der Waals surface area contributed by atoms with Crippen LogP contribution in [0.25, 0.3) is 0 Å². The lowest BCUT2D eigenvalue weighted by atomic mass is 9.96. The van der Waals surface area contributed by atoms with E-state index in [1.54, 1.807) is 0 Å². The van der Waals surface area contributed by atoms with Crippen LogP contribution < -0.4 is 5.73 Å². The molecule has 1 rings (SSSR count). The molecule has 1 aliphatic carbocycles. The van der Waals surface area contributed by atoms with Crippen LogP contribution >= 0.6 is 11.8 Å². The van der Waals surface area contributed by atoms with Crippen molar-refractivity contribution >= 4 is 11.8 Å². The smallest absolute Gasteiger partial charge is 0.0628 e. The van der Waals surface area contributed by atoms with Gasteiger partial charge in [-0.25, -0.2) is 0 Å². The monoisotopic (exact) mass is 203 g/mol. The van der Waals surface area contributed by atoms with Crippen molar-refractivity contribution in [1.29, 1.82) is 0 Å². The predicted molar refractivity (Wildman–Crippen MR) is 59.0 cm³/mol. The SMILES string of the molecule is CC(O)C(C)SC1CCCCC1N. The molecule has 0 radical (unpaired) electrons. The topological polar surface area (TPSA) is 46.2 Å². The first-order valence-corrected chi connectivity index (χ1v) is 6.14. The highest BCUT2D eigenvalue weighted by Gasteiger charge is 2.25. The minimum Gasteiger partial charge on any atom is -0.392 e. The first-order chi connectivity index (χ1) is 6.11. The molecule has 0 spiro atoms. The van der Waals surface area contributed by atoms with Crippen molar-refractivity contribution in [1.82, 2.24) is 0 Å². The summed E-state index contributed by atoms with van der Waals surface area (Å²) < 4.78 is 0. The second-order valence-electron chi connectivity index (χ2n) is 4.07. The summed E-state index contributed by atoms with van der Waals surface area (Å²) in [5.74, 6) is 0. The summed E-state index contributed by atoms with van der Waals surface area (Å²) in [7, 11) is 0. The molecule has 1 fully saturated rings. The number of hydrogen-bond donors (Lipinski definition) is 2. The summed E-state index contributed by atoms with van der Waals surface area (Å²) in [5, 5.41) is 10.3. The summed E-state index contributed by atoms with van der Waals surface area (Å²) in [6.45, 7) is 3.93. The second kappa shape index (κ2) is 5.23. The molecular formula is C10H21NOS. The zero-order valence-corrected chi connectivity index (χ0v) is 9.39. The van der Waals surface area contributed by atoms with Gasteiger partial charge in [0, 0.05) is 16.5 Å². The van der Waals surface area contributed by atoms with Crippen LogP contribution in [-0.2, 0) is 0 Å².